The average molecular weight is 525 g/mol. The maximum absolute atomic E-state index is 14.9. The minimum atomic E-state index is -4.65. The Morgan fingerprint density at radius 3 is 2.53 bits per heavy atom. The predicted molar refractivity (Wildman–Crippen MR) is 130 cm³/mol. The summed E-state index contributed by atoms with van der Waals surface area (Å²) < 4.78 is 54.2. The molecule has 1 fully saturated rings. The molecule has 1 amide bonds. The molecule has 38 heavy (non-hydrogen) atoms. The number of aliphatic carboxylic acids is 1. The topological polar surface area (TPSA) is 101 Å². The van der Waals surface area contributed by atoms with E-state index in [0.29, 0.717) is 28.8 Å². The summed E-state index contributed by atoms with van der Waals surface area (Å²) in [6, 6.07) is 14.1. The van der Waals surface area contributed by atoms with Crippen LogP contribution in [0, 0.1) is 11.7 Å². The second-order valence-corrected chi connectivity index (χ2v) is 8.99. The van der Waals surface area contributed by atoms with Crippen molar-refractivity contribution < 1.29 is 32.3 Å². The van der Waals surface area contributed by atoms with Crippen LogP contribution in [0.5, 0.6) is 0 Å². The summed E-state index contributed by atoms with van der Waals surface area (Å²) in [5.74, 6) is -3.63. The number of carbonyl (C=O) groups is 2. The van der Waals surface area contributed by atoms with Crippen molar-refractivity contribution in [3.05, 3.63) is 94.2 Å². The summed E-state index contributed by atoms with van der Waals surface area (Å²) in [4.78, 5) is 40.8. The van der Waals surface area contributed by atoms with Crippen molar-refractivity contribution in [3.8, 4) is 16.8 Å². The van der Waals surface area contributed by atoms with Gasteiger partial charge in [0.2, 0.25) is 5.43 Å². The fourth-order valence-electron chi connectivity index (χ4n) is 4.45. The van der Waals surface area contributed by atoms with Gasteiger partial charge in [-0.3, -0.25) is 14.4 Å². The van der Waals surface area contributed by atoms with Crippen LogP contribution < -0.4 is 10.7 Å². The van der Waals surface area contributed by atoms with E-state index in [2.05, 4.69) is 4.98 Å². The first-order valence-electron chi connectivity index (χ1n) is 11.5. The highest BCUT2D eigenvalue weighted by Gasteiger charge is 2.45. The van der Waals surface area contributed by atoms with Crippen LogP contribution in [0.1, 0.15) is 28.3 Å². The molecule has 1 aliphatic carbocycles. The molecule has 194 valence electrons. The van der Waals surface area contributed by atoms with E-state index in [1.807, 2.05) is 0 Å². The first-order valence-corrected chi connectivity index (χ1v) is 11.5. The highest BCUT2D eigenvalue weighted by molar-refractivity contribution is 5.97. The van der Waals surface area contributed by atoms with Crippen LogP contribution in [-0.2, 0) is 4.79 Å². The van der Waals surface area contributed by atoms with Gasteiger partial charge in [0.15, 0.2) is 0 Å². The summed E-state index contributed by atoms with van der Waals surface area (Å²) in [5.41, 5.74) is 0.755. The van der Waals surface area contributed by atoms with Gasteiger partial charge in [-0.15, -0.1) is 0 Å². The molecule has 2 aromatic heterocycles. The van der Waals surface area contributed by atoms with Gasteiger partial charge in [0.05, 0.1) is 11.3 Å². The largest absolute Gasteiger partial charge is 0.481 e. The Morgan fingerprint density at radius 1 is 1.08 bits per heavy atom. The second-order valence-electron chi connectivity index (χ2n) is 8.99. The zero-order valence-electron chi connectivity index (χ0n) is 19.5. The molecule has 0 unspecified atom stereocenters. The van der Waals surface area contributed by atoms with Gasteiger partial charge in [-0.05, 0) is 53.4 Å². The molecule has 0 bridgehead atoms. The molecule has 4 aromatic rings. The Labute approximate surface area is 212 Å². The Hall–Kier alpha value is -4.54. The standard InChI is InChI=1S/C27H19F4N3O4/c28-22-10-15(6-7-17(22)19-11-20(19)26(37)38)14-3-1-4-16(9-14)34-12-21(25(36)33-13-27(29,30)31)23(35)18-5-2-8-32-24(18)34/h1-10,12,19-20H,11,13H2,(H,33,36)(H,37,38)/t19-,20+/m0/s1. The van der Waals surface area contributed by atoms with Crippen molar-refractivity contribution in [1.82, 2.24) is 14.9 Å². The number of fused-ring (bicyclic) bond motifs is 1. The van der Waals surface area contributed by atoms with Gasteiger partial charge in [-0.1, -0.05) is 24.3 Å². The lowest BCUT2D eigenvalue weighted by molar-refractivity contribution is -0.138. The molecule has 1 saturated carbocycles. The van der Waals surface area contributed by atoms with E-state index in [0.717, 1.165) is 6.20 Å². The van der Waals surface area contributed by atoms with Gasteiger partial charge in [0.1, 0.15) is 23.6 Å². The normalized spacial score (nSPS) is 16.8. The zero-order chi connectivity index (χ0) is 27.2. The van der Waals surface area contributed by atoms with E-state index in [9.17, 15) is 31.9 Å². The number of pyridine rings is 2. The predicted octanol–water partition coefficient (Wildman–Crippen LogP) is 4.67. The number of rotatable bonds is 6. The Kier molecular flexibility index (Phi) is 6.22. The van der Waals surface area contributed by atoms with Crippen molar-refractivity contribution >= 4 is 22.9 Å². The van der Waals surface area contributed by atoms with E-state index in [1.165, 1.54) is 29.0 Å². The third kappa shape index (κ3) is 4.86. The number of aromatic nitrogens is 2. The Morgan fingerprint density at radius 2 is 1.84 bits per heavy atom. The number of hydrogen-bond donors (Lipinski definition) is 2. The van der Waals surface area contributed by atoms with E-state index in [-0.39, 0.29) is 17.0 Å². The van der Waals surface area contributed by atoms with E-state index >= 15 is 0 Å². The number of nitrogens with one attached hydrogen (secondary N) is 1. The number of carboxylic acid groups (broad SMARTS) is 1. The lowest BCUT2D eigenvalue weighted by Gasteiger charge is -2.15. The van der Waals surface area contributed by atoms with E-state index in [1.54, 1.807) is 41.7 Å². The van der Waals surface area contributed by atoms with Crippen LogP contribution in [-0.4, -0.2) is 39.3 Å². The lowest BCUT2D eigenvalue weighted by Crippen LogP contribution is -2.36. The first-order chi connectivity index (χ1) is 18.0. The molecule has 11 heteroatoms. The third-order valence-electron chi connectivity index (χ3n) is 6.42. The maximum Gasteiger partial charge on any atom is 0.405 e. The number of benzene rings is 2. The van der Waals surface area contributed by atoms with Crippen LogP contribution in [0.4, 0.5) is 17.6 Å². The van der Waals surface area contributed by atoms with E-state index < -0.39 is 47.3 Å². The summed E-state index contributed by atoms with van der Waals surface area (Å²) in [6.07, 6.45) is -1.71. The van der Waals surface area contributed by atoms with Crippen molar-refractivity contribution in [2.75, 3.05) is 6.54 Å². The van der Waals surface area contributed by atoms with Crippen LogP contribution >= 0.6 is 0 Å². The van der Waals surface area contributed by atoms with Crippen molar-refractivity contribution in [2.45, 2.75) is 18.5 Å². The van der Waals surface area contributed by atoms with Gasteiger partial charge in [0, 0.05) is 24.0 Å². The van der Waals surface area contributed by atoms with Crippen LogP contribution in [0.25, 0.3) is 27.8 Å². The molecular weight excluding hydrogens is 506 g/mol. The van der Waals surface area contributed by atoms with Crippen LogP contribution in [0.3, 0.4) is 0 Å². The lowest BCUT2D eigenvalue weighted by atomic mass is 10.0. The number of halogens is 4. The Balaban J connectivity index is 1.54. The molecule has 7 nitrogen and oxygen atoms in total. The number of alkyl halides is 3. The molecule has 1 aliphatic rings. The monoisotopic (exact) mass is 525 g/mol. The van der Waals surface area contributed by atoms with Crippen molar-refractivity contribution in [3.63, 3.8) is 0 Å². The van der Waals surface area contributed by atoms with Gasteiger partial charge in [-0.25, -0.2) is 9.37 Å². The second kappa shape index (κ2) is 9.40. The van der Waals surface area contributed by atoms with Crippen LogP contribution in [0.15, 0.2) is 71.8 Å². The summed E-state index contributed by atoms with van der Waals surface area (Å²) in [6.45, 7) is -1.60. The van der Waals surface area contributed by atoms with E-state index in [4.69, 9.17) is 5.11 Å². The molecule has 2 atom stereocenters. The van der Waals surface area contributed by atoms with Gasteiger partial charge < -0.3 is 15.0 Å². The quantitative estimate of drug-likeness (QED) is 0.357. The molecule has 0 aliphatic heterocycles. The Bertz CT molecular complexity index is 1650. The molecule has 0 saturated heterocycles. The summed E-state index contributed by atoms with van der Waals surface area (Å²) in [5, 5.41) is 10.9. The number of carbonyl (C=O) groups excluding carboxylic acids is 1. The fourth-order valence-corrected chi connectivity index (χ4v) is 4.45. The molecule has 2 N–H and O–H groups in total. The molecule has 5 rings (SSSR count). The average Bonchev–Trinajstić information content (AvgIpc) is 3.68. The third-order valence-corrected chi connectivity index (χ3v) is 6.42. The first kappa shape index (κ1) is 25.1. The highest BCUT2D eigenvalue weighted by atomic mass is 19.4. The SMILES string of the molecule is O=C(NCC(F)(F)F)c1cn(-c2cccc(-c3ccc([C@@H]4C[C@H]4C(=O)O)c(F)c3)c2)c2ncccc2c1=O. The van der Waals surface area contributed by atoms with Crippen molar-refractivity contribution in [1.29, 1.82) is 0 Å². The van der Waals surface area contributed by atoms with Gasteiger partial charge in [0.25, 0.3) is 5.91 Å². The van der Waals surface area contributed by atoms with Crippen LogP contribution in [0.2, 0.25) is 0 Å². The van der Waals surface area contributed by atoms with Crippen molar-refractivity contribution in [2.24, 2.45) is 5.92 Å². The number of hydrogen-bond acceptors (Lipinski definition) is 4. The summed E-state index contributed by atoms with van der Waals surface area (Å²) in [7, 11) is 0. The maximum atomic E-state index is 14.9. The van der Waals surface area contributed by atoms with Gasteiger partial charge >= 0.3 is 12.1 Å². The zero-order valence-corrected chi connectivity index (χ0v) is 19.5. The minimum absolute atomic E-state index is 0.0328. The molecule has 2 heterocycles. The number of amides is 1. The number of carboxylic acids is 1. The molecule has 0 radical (unpaired) electrons. The summed E-state index contributed by atoms with van der Waals surface area (Å²) >= 11 is 0. The molecule has 0 spiro atoms. The highest BCUT2D eigenvalue weighted by Crippen LogP contribution is 2.48. The van der Waals surface area contributed by atoms with Gasteiger partial charge in [-0.2, -0.15) is 13.2 Å². The smallest absolute Gasteiger partial charge is 0.405 e. The molecule has 2 aromatic carbocycles. The fraction of sp³-hybridized carbons (Fsp3) is 0.185. The minimum Gasteiger partial charge on any atom is -0.481 e. The number of nitrogens with zero attached hydrogens (tertiary/aromatic N) is 2. The molecular formula is C27H19F4N3O4.